The lowest BCUT2D eigenvalue weighted by Crippen LogP contribution is -2.14. The van der Waals surface area contributed by atoms with Gasteiger partial charge in [0.05, 0.1) is 8.49 Å². The molecular formula is C11H15IN2O2. The molecule has 1 atom stereocenters. The van der Waals surface area contributed by atoms with Gasteiger partial charge in [-0.25, -0.2) is 0 Å². The molecule has 1 unspecified atom stereocenters. The highest BCUT2D eigenvalue weighted by atomic mass is 127. The van der Waals surface area contributed by atoms with Crippen LogP contribution in [0, 0.1) is 13.7 Å². The summed E-state index contributed by atoms with van der Waals surface area (Å²) in [5.41, 5.74) is 1.10. The lowest BCUT2D eigenvalue weighted by molar-refractivity contribution is -0.385. The summed E-state index contributed by atoms with van der Waals surface area (Å²) in [4.78, 5) is 10.3. The Morgan fingerprint density at radius 2 is 2.25 bits per heavy atom. The van der Waals surface area contributed by atoms with Gasteiger partial charge in [0.2, 0.25) is 0 Å². The van der Waals surface area contributed by atoms with Crippen LogP contribution in [-0.4, -0.2) is 11.0 Å². The number of nitro benzene ring substituents is 1. The summed E-state index contributed by atoms with van der Waals surface area (Å²) in [5, 5.41) is 14.0. The summed E-state index contributed by atoms with van der Waals surface area (Å²) in [6, 6.07) is 5.50. The van der Waals surface area contributed by atoms with Crippen molar-refractivity contribution < 1.29 is 4.92 Å². The molecule has 88 valence electrons. The Morgan fingerprint density at radius 1 is 1.56 bits per heavy atom. The molecule has 1 aromatic carbocycles. The van der Waals surface area contributed by atoms with Gasteiger partial charge in [-0.1, -0.05) is 13.3 Å². The van der Waals surface area contributed by atoms with Gasteiger partial charge in [-0.2, -0.15) is 0 Å². The molecule has 0 saturated heterocycles. The van der Waals surface area contributed by atoms with Gasteiger partial charge in [0.15, 0.2) is 0 Å². The fourth-order valence-electron chi connectivity index (χ4n) is 1.53. The summed E-state index contributed by atoms with van der Waals surface area (Å²) in [6.07, 6.45) is 2.21. The number of anilines is 1. The lowest BCUT2D eigenvalue weighted by Gasteiger charge is -2.14. The van der Waals surface area contributed by atoms with Crippen LogP contribution in [0.25, 0.3) is 0 Å². The fraction of sp³-hybridized carbons (Fsp3) is 0.455. The van der Waals surface area contributed by atoms with Crippen molar-refractivity contribution in [3.8, 4) is 0 Å². The third-order valence-electron chi connectivity index (χ3n) is 2.28. The van der Waals surface area contributed by atoms with Crippen LogP contribution in [0.15, 0.2) is 18.2 Å². The molecule has 16 heavy (non-hydrogen) atoms. The molecule has 5 heteroatoms. The highest BCUT2D eigenvalue weighted by Crippen LogP contribution is 2.24. The molecule has 1 rings (SSSR count). The SMILES string of the molecule is CCCC(C)Nc1ccc([N+](=O)[O-])c(I)c1. The van der Waals surface area contributed by atoms with Gasteiger partial charge in [-0.05, 0) is 48.1 Å². The topological polar surface area (TPSA) is 55.2 Å². The maximum Gasteiger partial charge on any atom is 0.282 e. The van der Waals surface area contributed by atoms with E-state index in [2.05, 4.69) is 19.2 Å². The van der Waals surface area contributed by atoms with E-state index in [9.17, 15) is 10.1 Å². The standard InChI is InChI=1S/C11H15IN2O2/c1-3-4-8(2)13-9-5-6-11(14(15)16)10(12)7-9/h5-8,13H,3-4H2,1-2H3. The second kappa shape index (κ2) is 6.03. The Labute approximate surface area is 109 Å². The molecule has 0 aliphatic carbocycles. The zero-order valence-electron chi connectivity index (χ0n) is 9.37. The largest absolute Gasteiger partial charge is 0.383 e. The van der Waals surface area contributed by atoms with E-state index < -0.39 is 0 Å². The van der Waals surface area contributed by atoms with Crippen LogP contribution in [0.1, 0.15) is 26.7 Å². The van der Waals surface area contributed by atoms with Crippen molar-refractivity contribution in [2.75, 3.05) is 5.32 Å². The molecule has 1 aromatic rings. The average molecular weight is 334 g/mol. The van der Waals surface area contributed by atoms with E-state index in [-0.39, 0.29) is 10.6 Å². The molecule has 4 nitrogen and oxygen atoms in total. The maximum atomic E-state index is 10.6. The predicted octanol–water partition coefficient (Wildman–Crippen LogP) is 3.80. The van der Waals surface area contributed by atoms with Crippen molar-refractivity contribution >= 4 is 34.0 Å². The van der Waals surface area contributed by atoms with Crippen LogP contribution in [0.5, 0.6) is 0 Å². The normalized spacial score (nSPS) is 12.2. The Bertz CT molecular complexity index is 382. The third-order valence-corrected chi connectivity index (χ3v) is 3.14. The summed E-state index contributed by atoms with van der Waals surface area (Å²) >= 11 is 1.99. The number of nitro groups is 1. The summed E-state index contributed by atoms with van der Waals surface area (Å²) in [7, 11) is 0. The molecule has 0 saturated carbocycles. The minimum Gasteiger partial charge on any atom is -0.383 e. The van der Waals surface area contributed by atoms with Gasteiger partial charge >= 0.3 is 0 Å². The van der Waals surface area contributed by atoms with Crippen molar-refractivity contribution in [2.24, 2.45) is 0 Å². The van der Waals surface area contributed by atoms with E-state index in [0.29, 0.717) is 9.61 Å². The van der Waals surface area contributed by atoms with E-state index in [1.165, 1.54) is 0 Å². The first-order chi connectivity index (χ1) is 7.54. The summed E-state index contributed by atoms with van der Waals surface area (Å²) < 4.78 is 0.663. The number of rotatable bonds is 5. The van der Waals surface area contributed by atoms with Gasteiger partial charge in [-0.15, -0.1) is 0 Å². The summed E-state index contributed by atoms with van der Waals surface area (Å²) in [5.74, 6) is 0. The number of halogens is 1. The van der Waals surface area contributed by atoms with Crippen LogP contribution in [-0.2, 0) is 0 Å². The van der Waals surface area contributed by atoms with Gasteiger partial charge in [-0.3, -0.25) is 10.1 Å². The second-order valence-electron chi connectivity index (χ2n) is 3.76. The zero-order valence-corrected chi connectivity index (χ0v) is 11.5. The van der Waals surface area contributed by atoms with E-state index >= 15 is 0 Å². The van der Waals surface area contributed by atoms with E-state index in [0.717, 1.165) is 18.5 Å². The first kappa shape index (κ1) is 13.2. The van der Waals surface area contributed by atoms with Crippen molar-refractivity contribution in [1.29, 1.82) is 0 Å². The molecule has 0 heterocycles. The van der Waals surface area contributed by atoms with Gasteiger partial charge in [0, 0.05) is 17.8 Å². The number of hydrogen-bond donors (Lipinski definition) is 1. The van der Waals surface area contributed by atoms with Crippen molar-refractivity contribution in [2.45, 2.75) is 32.7 Å². The molecular weight excluding hydrogens is 319 g/mol. The molecule has 0 spiro atoms. The van der Waals surface area contributed by atoms with Crippen LogP contribution >= 0.6 is 22.6 Å². The fourth-order valence-corrected chi connectivity index (χ4v) is 2.25. The van der Waals surface area contributed by atoms with Crippen molar-refractivity contribution in [3.05, 3.63) is 31.9 Å². The van der Waals surface area contributed by atoms with Gasteiger partial charge in [0.1, 0.15) is 0 Å². The number of benzene rings is 1. The van der Waals surface area contributed by atoms with Crippen LogP contribution in [0.4, 0.5) is 11.4 Å². The van der Waals surface area contributed by atoms with E-state index in [1.807, 2.05) is 28.7 Å². The highest BCUT2D eigenvalue weighted by molar-refractivity contribution is 14.1. The average Bonchev–Trinajstić information content (AvgIpc) is 2.17. The van der Waals surface area contributed by atoms with Crippen LogP contribution < -0.4 is 5.32 Å². The monoisotopic (exact) mass is 334 g/mol. The smallest absolute Gasteiger partial charge is 0.282 e. The van der Waals surface area contributed by atoms with Crippen LogP contribution in [0.2, 0.25) is 0 Å². The van der Waals surface area contributed by atoms with Crippen LogP contribution in [0.3, 0.4) is 0 Å². The number of nitrogens with one attached hydrogen (secondary N) is 1. The third kappa shape index (κ3) is 3.62. The Balaban J connectivity index is 2.77. The molecule has 0 bridgehead atoms. The molecule has 0 fully saturated rings. The van der Waals surface area contributed by atoms with Gasteiger partial charge < -0.3 is 5.32 Å². The van der Waals surface area contributed by atoms with E-state index in [4.69, 9.17) is 0 Å². The minimum absolute atomic E-state index is 0.161. The second-order valence-corrected chi connectivity index (χ2v) is 4.92. The molecule has 1 N–H and O–H groups in total. The van der Waals surface area contributed by atoms with E-state index in [1.54, 1.807) is 12.1 Å². The Kier molecular flexibility index (Phi) is 4.98. The first-order valence-electron chi connectivity index (χ1n) is 5.25. The molecule has 0 radical (unpaired) electrons. The molecule has 0 aliphatic rings. The van der Waals surface area contributed by atoms with Crippen molar-refractivity contribution in [3.63, 3.8) is 0 Å². The number of nitrogens with zero attached hydrogens (tertiary/aromatic N) is 1. The summed E-state index contributed by atoms with van der Waals surface area (Å²) in [6.45, 7) is 4.25. The number of hydrogen-bond acceptors (Lipinski definition) is 3. The minimum atomic E-state index is -0.360. The van der Waals surface area contributed by atoms with Crippen molar-refractivity contribution in [1.82, 2.24) is 0 Å². The first-order valence-corrected chi connectivity index (χ1v) is 6.33. The van der Waals surface area contributed by atoms with Gasteiger partial charge in [0.25, 0.3) is 5.69 Å². The molecule has 0 amide bonds. The molecule has 0 aromatic heterocycles. The Morgan fingerprint density at radius 3 is 2.75 bits per heavy atom. The predicted molar refractivity (Wildman–Crippen MR) is 73.8 cm³/mol. The Hall–Kier alpha value is -0.850. The highest BCUT2D eigenvalue weighted by Gasteiger charge is 2.11. The lowest BCUT2D eigenvalue weighted by atomic mass is 10.2. The molecule has 0 aliphatic heterocycles. The quantitative estimate of drug-likeness (QED) is 0.506. The zero-order chi connectivity index (χ0) is 12.1. The maximum absolute atomic E-state index is 10.6.